The predicted octanol–water partition coefficient (Wildman–Crippen LogP) is 0.521. The molecule has 2 heterocycles. The highest BCUT2D eigenvalue weighted by molar-refractivity contribution is 9.10. The number of aliphatic hydroxyl groups is 2. The number of ether oxygens (including phenoxy) is 2. The van der Waals surface area contributed by atoms with Crippen molar-refractivity contribution in [3.05, 3.63) is 0 Å². The molecule has 4 aliphatic rings. The Morgan fingerprint density at radius 2 is 2.05 bits per heavy atom. The molecule has 6 nitrogen and oxygen atoms in total. The summed E-state index contributed by atoms with van der Waals surface area (Å²) < 4.78 is 11.0. The number of carbonyl (C=O) groups is 2. The lowest BCUT2D eigenvalue weighted by Crippen LogP contribution is -2.75. The summed E-state index contributed by atoms with van der Waals surface area (Å²) >= 11 is 3.47. The largest absolute Gasteiger partial charge is 0.463 e. The first-order valence-electron chi connectivity index (χ1n) is 7.62. The van der Waals surface area contributed by atoms with Gasteiger partial charge < -0.3 is 19.7 Å². The topological polar surface area (TPSA) is 93.1 Å². The molecule has 0 bridgehead atoms. The normalized spacial score (nSPS) is 59.6. The average molecular weight is 375 g/mol. The lowest BCUT2D eigenvalue weighted by atomic mass is 9.46. The van der Waals surface area contributed by atoms with Gasteiger partial charge in [0.1, 0.15) is 17.0 Å². The van der Waals surface area contributed by atoms with E-state index in [1.54, 1.807) is 6.92 Å². The van der Waals surface area contributed by atoms with E-state index in [-0.39, 0.29) is 24.9 Å². The maximum absolute atomic E-state index is 12.4. The summed E-state index contributed by atoms with van der Waals surface area (Å²) in [6, 6.07) is 0. The van der Waals surface area contributed by atoms with E-state index < -0.39 is 38.9 Å². The van der Waals surface area contributed by atoms with Crippen molar-refractivity contribution in [1.29, 1.82) is 0 Å². The Morgan fingerprint density at radius 3 is 2.73 bits per heavy atom. The predicted molar refractivity (Wildman–Crippen MR) is 77.0 cm³/mol. The van der Waals surface area contributed by atoms with Gasteiger partial charge in [0.2, 0.25) is 5.60 Å². The minimum atomic E-state index is -2.03. The van der Waals surface area contributed by atoms with Crippen molar-refractivity contribution in [3.63, 3.8) is 0 Å². The number of hydrogen-bond donors (Lipinski definition) is 2. The van der Waals surface area contributed by atoms with Crippen LogP contribution in [-0.2, 0) is 19.1 Å². The molecule has 0 radical (unpaired) electrons. The molecule has 4 rings (SSSR count). The lowest BCUT2D eigenvalue weighted by molar-refractivity contribution is -0.262. The van der Waals surface area contributed by atoms with Gasteiger partial charge in [0, 0.05) is 5.41 Å². The Morgan fingerprint density at radius 1 is 1.36 bits per heavy atom. The smallest absolute Gasteiger partial charge is 0.341 e. The molecular formula is C15H19BrO6. The summed E-state index contributed by atoms with van der Waals surface area (Å²) in [5.41, 5.74) is -4.82. The first kappa shape index (κ1) is 14.9. The third-order valence-corrected chi connectivity index (χ3v) is 8.23. The number of halogens is 1. The van der Waals surface area contributed by atoms with Gasteiger partial charge in [-0.25, -0.2) is 4.79 Å². The second kappa shape index (κ2) is 3.87. The molecule has 0 aromatic carbocycles. The Bertz CT molecular complexity index is 595. The van der Waals surface area contributed by atoms with Crippen molar-refractivity contribution in [1.82, 2.24) is 0 Å². The zero-order valence-corrected chi connectivity index (χ0v) is 14.1. The molecule has 0 amide bonds. The zero-order valence-electron chi connectivity index (χ0n) is 12.5. The number of aliphatic hydroxyl groups excluding tert-OH is 1. The average Bonchev–Trinajstić information content (AvgIpc) is 2.98. The summed E-state index contributed by atoms with van der Waals surface area (Å²) in [5.74, 6) is -1.09. The molecule has 2 N–H and O–H groups in total. The SMILES string of the molecule is C[C@@H]1CC[C@]23OC(=O)[C@@H](Br)C12C[C@@H](O)[C@@]1(O)C(=O)OC[C@@]31C. The lowest BCUT2D eigenvalue weighted by Gasteiger charge is -2.59. The molecule has 2 aliphatic heterocycles. The zero-order chi connectivity index (χ0) is 16.1. The molecule has 7 heteroatoms. The van der Waals surface area contributed by atoms with Crippen LogP contribution in [0.5, 0.6) is 0 Å². The molecular weight excluding hydrogens is 356 g/mol. The summed E-state index contributed by atoms with van der Waals surface area (Å²) in [5, 5.41) is 21.7. The van der Waals surface area contributed by atoms with E-state index in [9.17, 15) is 19.8 Å². The molecule has 2 saturated heterocycles. The van der Waals surface area contributed by atoms with Gasteiger partial charge in [0.05, 0.1) is 11.5 Å². The number of esters is 2. The van der Waals surface area contributed by atoms with Crippen LogP contribution in [-0.4, -0.2) is 50.9 Å². The van der Waals surface area contributed by atoms with E-state index in [4.69, 9.17) is 9.47 Å². The third kappa shape index (κ3) is 1.12. The van der Waals surface area contributed by atoms with Gasteiger partial charge in [-0.05, 0) is 32.1 Å². The van der Waals surface area contributed by atoms with Crippen LogP contribution in [0, 0.1) is 16.7 Å². The maximum Gasteiger partial charge on any atom is 0.341 e. The van der Waals surface area contributed by atoms with Crippen LogP contribution in [0.4, 0.5) is 0 Å². The number of alkyl halides is 1. The van der Waals surface area contributed by atoms with E-state index >= 15 is 0 Å². The van der Waals surface area contributed by atoms with Crippen molar-refractivity contribution in [3.8, 4) is 0 Å². The number of cyclic esters (lactones) is 1. The van der Waals surface area contributed by atoms with Gasteiger partial charge >= 0.3 is 11.9 Å². The van der Waals surface area contributed by atoms with Crippen molar-refractivity contribution >= 4 is 27.9 Å². The van der Waals surface area contributed by atoms with E-state index in [2.05, 4.69) is 15.9 Å². The molecule has 0 aromatic rings. The highest BCUT2D eigenvalue weighted by Gasteiger charge is 2.87. The summed E-state index contributed by atoms with van der Waals surface area (Å²) in [4.78, 5) is 24.0. The Hall–Kier alpha value is -0.660. The van der Waals surface area contributed by atoms with Gasteiger partial charge in [-0.3, -0.25) is 4.79 Å². The van der Waals surface area contributed by atoms with Crippen molar-refractivity contribution < 1.29 is 29.3 Å². The van der Waals surface area contributed by atoms with Crippen molar-refractivity contribution in [2.45, 2.75) is 55.2 Å². The van der Waals surface area contributed by atoms with Gasteiger partial charge in [-0.1, -0.05) is 22.9 Å². The first-order chi connectivity index (χ1) is 10.2. The second-order valence-electron chi connectivity index (χ2n) is 7.49. The van der Waals surface area contributed by atoms with Crippen LogP contribution in [0.15, 0.2) is 0 Å². The molecule has 122 valence electrons. The fourth-order valence-corrected chi connectivity index (χ4v) is 6.87. The fraction of sp³-hybridized carbons (Fsp3) is 0.867. The van der Waals surface area contributed by atoms with E-state index in [1.165, 1.54) is 0 Å². The van der Waals surface area contributed by atoms with Crippen LogP contribution in [0.1, 0.15) is 33.1 Å². The van der Waals surface area contributed by atoms with Crippen LogP contribution in [0.25, 0.3) is 0 Å². The Balaban J connectivity index is 2.01. The molecule has 0 aromatic heterocycles. The minimum Gasteiger partial charge on any atom is -0.463 e. The van der Waals surface area contributed by atoms with Gasteiger partial charge in [-0.15, -0.1) is 0 Å². The number of carbonyl (C=O) groups excluding carboxylic acids is 2. The second-order valence-corrected chi connectivity index (χ2v) is 8.40. The standard InChI is InChI=1S/C15H19BrO6/c1-7-3-4-14-12(2)6-21-11(19)15(12,20)8(17)5-13(7,14)9(16)10(18)22-14/h7-9,17,20H,3-6H2,1-2H3/t7-,8-,9-,12+,13?,14-,15-/m1/s1. The molecule has 2 saturated carbocycles. The monoisotopic (exact) mass is 374 g/mol. The number of fused-ring (bicyclic) bond motifs is 1. The van der Waals surface area contributed by atoms with Gasteiger partial charge in [0.25, 0.3) is 0 Å². The first-order valence-corrected chi connectivity index (χ1v) is 8.53. The molecule has 0 spiro atoms. The quantitative estimate of drug-likeness (QED) is 0.474. The molecule has 1 unspecified atom stereocenters. The maximum atomic E-state index is 12.4. The summed E-state index contributed by atoms with van der Waals surface area (Å²) in [6.45, 7) is 3.68. The summed E-state index contributed by atoms with van der Waals surface area (Å²) in [7, 11) is 0. The van der Waals surface area contributed by atoms with Crippen LogP contribution >= 0.6 is 15.9 Å². The number of rotatable bonds is 0. The Labute approximate surface area is 136 Å². The van der Waals surface area contributed by atoms with Crippen molar-refractivity contribution in [2.75, 3.05) is 6.61 Å². The molecule has 4 fully saturated rings. The fourth-order valence-electron chi connectivity index (χ4n) is 5.77. The number of hydrogen-bond acceptors (Lipinski definition) is 6. The van der Waals surface area contributed by atoms with Gasteiger partial charge in [0.15, 0.2) is 0 Å². The van der Waals surface area contributed by atoms with Gasteiger partial charge in [-0.2, -0.15) is 0 Å². The van der Waals surface area contributed by atoms with E-state index in [0.29, 0.717) is 6.42 Å². The third-order valence-electron chi connectivity index (χ3n) is 7.04. The van der Waals surface area contributed by atoms with E-state index in [0.717, 1.165) is 6.42 Å². The summed E-state index contributed by atoms with van der Waals surface area (Å²) in [6.07, 6.45) is 0.221. The van der Waals surface area contributed by atoms with Crippen LogP contribution in [0.3, 0.4) is 0 Å². The molecule has 7 atom stereocenters. The van der Waals surface area contributed by atoms with E-state index in [1.807, 2.05) is 6.92 Å². The minimum absolute atomic E-state index is 0.0547. The molecule has 22 heavy (non-hydrogen) atoms. The van der Waals surface area contributed by atoms with Crippen LogP contribution in [0.2, 0.25) is 0 Å². The van der Waals surface area contributed by atoms with Crippen molar-refractivity contribution in [2.24, 2.45) is 16.7 Å². The molecule has 2 aliphatic carbocycles. The van der Waals surface area contributed by atoms with Crippen LogP contribution < -0.4 is 0 Å². The highest BCUT2D eigenvalue weighted by Crippen LogP contribution is 2.74. The Kier molecular flexibility index (Phi) is 2.62. The highest BCUT2D eigenvalue weighted by atomic mass is 79.9.